The third-order valence-electron chi connectivity index (χ3n) is 5.84. The first-order valence-electron chi connectivity index (χ1n) is 10.3. The Balaban J connectivity index is 1.21. The van der Waals surface area contributed by atoms with E-state index >= 15 is 0 Å². The van der Waals surface area contributed by atoms with Crippen LogP contribution in [0.25, 0.3) is 11.0 Å². The van der Waals surface area contributed by atoms with E-state index in [4.69, 9.17) is 0 Å². The van der Waals surface area contributed by atoms with Crippen LogP contribution in [-0.4, -0.2) is 40.4 Å². The van der Waals surface area contributed by atoms with Crippen molar-refractivity contribution < 1.29 is 4.79 Å². The monoisotopic (exact) mass is 392 g/mol. The van der Waals surface area contributed by atoms with Crippen molar-refractivity contribution in [2.24, 2.45) is 5.92 Å². The number of nitrogens with one attached hydrogen (secondary N) is 3. The minimum atomic E-state index is -0.242. The number of carbonyl (C=O) groups excluding carboxylic acids is 1. The molecule has 0 saturated carbocycles. The van der Waals surface area contributed by atoms with Crippen LogP contribution in [0.4, 0.5) is 5.69 Å². The lowest BCUT2D eigenvalue weighted by Gasteiger charge is -2.31. The van der Waals surface area contributed by atoms with E-state index in [-0.39, 0.29) is 11.6 Å². The summed E-state index contributed by atoms with van der Waals surface area (Å²) in [7, 11) is 0. The number of piperidine rings is 1. The number of likely N-dealkylation sites (tertiary alicyclic amines) is 1. The van der Waals surface area contributed by atoms with Gasteiger partial charge >= 0.3 is 5.69 Å². The van der Waals surface area contributed by atoms with Crippen molar-refractivity contribution >= 4 is 22.6 Å². The number of aryl methyl sites for hydroxylation is 2. The van der Waals surface area contributed by atoms with Crippen LogP contribution in [0.3, 0.4) is 0 Å². The second-order valence-corrected chi connectivity index (χ2v) is 8.13. The Labute approximate surface area is 170 Å². The molecule has 29 heavy (non-hydrogen) atoms. The average Bonchev–Trinajstić information content (AvgIpc) is 3.08. The number of anilines is 1. The minimum absolute atomic E-state index is 0.0136. The van der Waals surface area contributed by atoms with Crippen LogP contribution in [0.5, 0.6) is 0 Å². The zero-order valence-corrected chi connectivity index (χ0v) is 16.8. The Morgan fingerprint density at radius 2 is 1.79 bits per heavy atom. The number of hydrogen-bond donors (Lipinski definition) is 3. The van der Waals surface area contributed by atoms with E-state index in [2.05, 4.69) is 51.4 Å². The minimum Gasteiger partial charge on any atom is -0.325 e. The zero-order chi connectivity index (χ0) is 20.2. The van der Waals surface area contributed by atoms with Gasteiger partial charge in [0.25, 0.3) is 0 Å². The number of nitrogens with zero attached hydrogens (tertiary/aromatic N) is 1. The lowest BCUT2D eigenvalue weighted by molar-refractivity contribution is -0.117. The van der Waals surface area contributed by atoms with Gasteiger partial charge in [0.2, 0.25) is 5.91 Å². The van der Waals surface area contributed by atoms with E-state index in [1.165, 1.54) is 17.5 Å². The molecule has 0 radical (unpaired) electrons. The van der Waals surface area contributed by atoms with Gasteiger partial charge in [-0.05, 0) is 75.4 Å². The number of aromatic amines is 2. The van der Waals surface area contributed by atoms with Crippen LogP contribution in [0.2, 0.25) is 0 Å². The molecule has 1 saturated heterocycles. The molecular formula is C23H28N4O2. The summed E-state index contributed by atoms with van der Waals surface area (Å²) >= 11 is 0. The number of H-pyrrole nitrogens is 2. The van der Waals surface area contributed by atoms with Crippen LogP contribution in [0, 0.1) is 12.8 Å². The summed E-state index contributed by atoms with van der Waals surface area (Å²) in [6.45, 7) is 4.47. The molecule has 1 amide bonds. The molecule has 2 heterocycles. The van der Waals surface area contributed by atoms with Crippen LogP contribution in [0.15, 0.2) is 47.3 Å². The van der Waals surface area contributed by atoms with Crippen molar-refractivity contribution in [1.82, 2.24) is 14.9 Å². The SMILES string of the molecule is Cc1ccc(CCC2CCN(CC(=O)Nc3ccc4[nH]c(=O)[nH]c4c3)CC2)cc1. The van der Waals surface area contributed by atoms with Crippen molar-refractivity contribution in [3.8, 4) is 0 Å². The summed E-state index contributed by atoms with van der Waals surface area (Å²) in [5, 5.41) is 2.94. The maximum absolute atomic E-state index is 12.4. The molecule has 152 valence electrons. The van der Waals surface area contributed by atoms with Gasteiger partial charge in [0.1, 0.15) is 0 Å². The smallest absolute Gasteiger partial charge is 0.323 e. The molecule has 6 heteroatoms. The predicted octanol–water partition coefficient (Wildman–Crippen LogP) is 3.45. The van der Waals surface area contributed by atoms with Gasteiger partial charge in [-0.2, -0.15) is 0 Å². The van der Waals surface area contributed by atoms with E-state index in [9.17, 15) is 9.59 Å². The third kappa shape index (κ3) is 5.15. The zero-order valence-electron chi connectivity index (χ0n) is 16.8. The van der Waals surface area contributed by atoms with E-state index in [1.54, 1.807) is 18.2 Å². The lowest BCUT2D eigenvalue weighted by atomic mass is 9.90. The summed E-state index contributed by atoms with van der Waals surface area (Å²) in [5.74, 6) is 0.726. The fourth-order valence-electron chi connectivity index (χ4n) is 4.07. The summed E-state index contributed by atoms with van der Waals surface area (Å²) in [4.78, 5) is 31.4. The lowest BCUT2D eigenvalue weighted by Crippen LogP contribution is -2.39. The molecule has 4 rings (SSSR count). The largest absolute Gasteiger partial charge is 0.325 e. The number of hydrogen-bond acceptors (Lipinski definition) is 3. The number of imidazole rings is 1. The highest BCUT2D eigenvalue weighted by Crippen LogP contribution is 2.23. The average molecular weight is 393 g/mol. The molecule has 0 aliphatic carbocycles. The van der Waals surface area contributed by atoms with Crippen molar-refractivity contribution in [3.63, 3.8) is 0 Å². The van der Waals surface area contributed by atoms with E-state index in [0.29, 0.717) is 17.7 Å². The van der Waals surface area contributed by atoms with Crippen molar-refractivity contribution in [1.29, 1.82) is 0 Å². The molecular weight excluding hydrogens is 364 g/mol. The van der Waals surface area contributed by atoms with Gasteiger partial charge in [-0.15, -0.1) is 0 Å². The molecule has 0 spiro atoms. The Morgan fingerprint density at radius 1 is 1.07 bits per heavy atom. The highest BCUT2D eigenvalue weighted by Gasteiger charge is 2.20. The second-order valence-electron chi connectivity index (χ2n) is 8.13. The van der Waals surface area contributed by atoms with Crippen LogP contribution in [0.1, 0.15) is 30.4 Å². The number of rotatable bonds is 6. The molecule has 6 nitrogen and oxygen atoms in total. The third-order valence-corrected chi connectivity index (χ3v) is 5.84. The van der Waals surface area contributed by atoms with E-state index in [0.717, 1.165) is 43.8 Å². The van der Waals surface area contributed by atoms with Crippen molar-refractivity contribution in [3.05, 3.63) is 64.1 Å². The standard InChI is InChI=1S/C23H28N4O2/c1-16-2-4-17(5-3-16)6-7-18-10-12-27(13-11-18)15-22(28)24-19-8-9-20-21(14-19)26-23(29)25-20/h2-5,8-9,14,18H,6-7,10-13,15H2,1H3,(H,24,28)(H2,25,26,29). The van der Waals surface area contributed by atoms with Gasteiger partial charge < -0.3 is 15.3 Å². The molecule has 1 aromatic heterocycles. The summed E-state index contributed by atoms with van der Waals surface area (Å²) < 4.78 is 0. The molecule has 2 aromatic carbocycles. The molecule has 0 atom stereocenters. The van der Waals surface area contributed by atoms with Gasteiger partial charge in [-0.1, -0.05) is 29.8 Å². The highest BCUT2D eigenvalue weighted by molar-refractivity contribution is 5.94. The Morgan fingerprint density at radius 3 is 2.55 bits per heavy atom. The van der Waals surface area contributed by atoms with Crippen molar-refractivity contribution in [2.45, 2.75) is 32.6 Å². The first kappa shape index (κ1) is 19.5. The fraction of sp³-hybridized carbons (Fsp3) is 0.391. The first-order valence-corrected chi connectivity index (χ1v) is 10.3. The molecule has 1 aliphatic heterocycles. The fourth-order valence-corrected chi connectivity index (χ4v) is 4.07. The Kier molecular flexibility index (Phi) is 5.81. The summed E-state index contributed by atoms with van der Waals surface area (Å²) in [5.41, 5.74) is 4.61. The summed E-state index contributed by atoms with van der Waals surface area (Å²) in [6, 6.07) is 14.2. The number of aromatic nitrogens is 2. The van der Waals surface area contributed by atoms with E-state index < -0.39 is 0 Å². The van der Waals surface area contributed by atoms with Gasteiger partial charge in [0.05, 0.1) is 17.6 Å². The molecule has 3 aromatic rings. The van der Waals surface area contributed by atoms with Gasteiger partial charge in [-0.25, -0.2) is 4.79 Å². The Bertz CT molecular complexity index is 1030. The predicted molar refractivity (Wildman–Crippen MR) is 116 cm³/mol. The molecule has 1 aliphatic rings. The van der Waals surface area contributed by atoms with Crippen LogP contribution < -0.4 is 11.0 Å². The molecule has 0 unspecified atom stereocenters. The topological polar surface area (TPSA) is 81.0 Å². The molecule has 1 fully saturated rings. The second kappa shape index (κ2) is 8.66. The van der Waals surface area contributed by atoms with Crippen LogP contribution >= 0.6 is 0 Å². The molecule has 3 N–H and O–H groups in total. The number of benzene rings is 2. The van der Waals surface area contributed by atoms with Crippen molar-refractivity contribution in [2.75, 3.05) is 25.0 Å². The van der Waals surface area contributed by atoms with Gasteiger partial charge in [-0.3, -0.25) is 9.69 Å². The maximum Gasteiger partial charge on any atom is 0.323 e. The summed E-state index contributed by atoms with van der Waals surface area (Å²) in [6.07, 6.45) is 4.65. The number of carbonyl (C=O) groups is 1. The maximum atomic E-state index is 12.4. The Hall–Kier alpha value is -2.86. The number of fused-ring (bicyclic) bond motifs is 1. The van der Waals surface area contributed by atoms with Gasteiger partial charge in [0, 0.05) is 5.69 Å². The number of amides is 1. The normalized spacial score (nSPS) is 15.6. The van der Waals surface area contributed by atoms with Gasteiger partial charge in [0.15, 0.2) is 0 Å². The molecule has 0 bridgehead atoms. The highest BCUT2D eigenvalue weighted by atomic mass is 16.2. The van der Waals surface area contributed by atoms with Crippen LogP contribution in [-0.2, 0) is 11.2 Å². The van der Waals surface area contributed by atoms with E-state index in [1.807, 2.05) is 0 Å². The quantitative estimate of drug-likeness (QED) is 0.601. The first-order chi connectivity index (χ1) is 14.0.